The summed E-state index contributed by atoms with van der Waals surface area (Å²) in [5, 5.41) is 0.799. The monoisotopic (exact) mass is 459 g/mol. The molecule has 0 saturated heterocycles. The van der Waals surface area contributed by atoms with Crippen LogP contribution in [0.1, 0.15) is 19.4 Å². The normalized spacial score (nSPS) is 11.4. The van der Waals surface area contributed by atoms with E-state index in [1.165, 1.54) is 5.56 Å². The van der Waals surface area contributed by atoms with E-state index in [2.05, 4.69) is 74.4 Å². The Morgan fingerprint density at radius 3 is 2.47 bits per heavy atom. The molecule has 0 saturated carbocycles. The first-order valence-corrected chi connectivity index (χ1v) is 13.2. The van der Waals surface area contributed by atoms with E-state index in [-0.39, 0.29) is 5.91 Å². The number of thioether (sulfide) groups is 2. The molecule has 0 atom stereocenters. The molecule has 30 heavy (non-hydrogen) atoms. The van der Waals surface area contributed by atoms with Crippen molar-refractivity contribution < 1.29 is 4.79 Å². The fourth-order valence-electron chi connectivity index (χ4n) is 3.16. The van der Waals surface area contributed by atoms with Crippen molar-refractivity contribution >= 4 is 56.1 Å². The number of nitrogens with zero attached hydrogens (tertiary/aromatic N) is 3. The van der Waals surface area contributed by atoms with E-state index in [1.807, 2.05) is 4.90 Å². The van der Waals surface area contributed by atoms with Crippen LogP contribution in [-0.4, -0.2) is 54.0 Å². The number of hydrogen-bond acceptors (Lipinski definition) is 6. The summed E-state index contributed by atoms with van der Waals surface area (Å²) in [5.41, 5.74) is 2.22. The minimum atomic E-state index is 0.109. The zero-order valence-electron chi connectivity index (χ0n) is 18.1. The number of rotatable bonds is 10. The van der Waals surface area contributed by atoms with Gasteiger partial charge in [0, 0.05) is 22.9 Å². The number of aromatic nitrogens is 1. The zero-order chi connectivity index (χ0) is 21.5. The van der Waals surface area contributed by atoms with Crippen LogP contribution in [0.3, 0.4) is 0 Å². The van der Waals surface area contributed by atoms with Crippen LogP contribution in [0.4, 0.5) is 5.13 Å². The molecule has 2 aromatic carbocycles. The third-order valence-corrected chi connectivity index (χ3v) is 7.85. The summed E-state index contributed by atoms with van der Waals surface area (Å²) in [7, 11) is 0. The van der Waals surface area contributed by atoms with Crippen molar-refractivity contribution in [2.24, 2.45) is 0 Å². The van der Waals surface area contributed by atoms with Gasteiger partial charge in [0.05, 0.1) is 16.0 Å². The van der Waals surface area contributed by atoms with E-state index in [0.717, 1.165) is 44.8 Å². The lowest BCUT2D eigenvalue weighted by atomic mass is 10.2. The number of fused-ring (bicyclic) bond motifs is 1. The van der Waals surface area contributed by atoms with Gasteiger partial charge < -0.3 is 4.90 Å². The summed E-state index contributed by atoms with van der Waals surface area (Å²) < 4.78 is 1.13. The van der Waals surface area contributed by atoms with Crippen LogP contribution in [0.2, 0.25) is 0 Å². The van der Waals surface area contributed by atoms with Crippen molar-refractivity contribution in [1.29, 1.82) is 0 Å². The molecule has 0 radical (unpaired) electrons. The first-order chi connectivity index (χ1) is 14.5. The zero-order valence-corrected chi connectivity index (χ0v) is 20.5. The maximum Gasteiger partial charge on any atom is 0.239 e. The smallest absolute Gasteiger partial charge is 0.239 e. The van der Waals surface area contributed by atoms with Gasteiger partial charge >= 0.3 is 0 Å². The Kier molecular flexibility index (Phi) is 8.62. The Bertz CT molecular complexity index is 967. The molecule has 0 N–H and O–H groups in total. The van der Waals surface area contributed by atoms with E-state index in [0.29, 0.717) is 12.3 Å². The fraction of sp³-hybridized carbons (Fsp3) is 0.391. The van der Waals surface area contributed by atoms with Crippen molar-refractivity contribution in [2.45, 2.75) is 30.6 Å². The number of amides is 1. The van der Waals surface area contributed by atoms with Crippen molar-refractivity contribution in [1.82, 2.24) is 9.88 Å². The molecule has 4 nitrogen and oxygen atoms in total. The number of anilines is 1. The van der Waals surface area contributed by atoms with Gasteiger partial charge in [0.1, 0.15) is 0 Å². The van der Waals surface area contributed by atoms with E-state index in [9.17, 15) is 4.79 Å². The number of para-hydroxylation sites is 1. The molecule has 0 spiro atoms. The largest absolute Gasteiger partial charge is 0.302 e. The Morgan fingerprint density at radius 2 is 1.80 bits per heavy atom. The number of carbonyl (C=O) groups is 1. The van der Waals surface area contributed by atoms with Gasteiger partial charge in [-0.1, -0.05) is 48.9 Å². The van der Waals surface area contributed by atoms with Crippen LogP contribution in [0.5, 0.6) is 0 Å². The van der Waals surface area contributed by atoms with E-state index in [4.69, 9.17) is 4.98 Å². The summed E-state index contributed by atoms with van der Waals surface area (Å²) in [6.45, 7) is 9.85. The maximum atomic E-state index is 13.3. The molecule has 0 aliphatic carbocycles. The lowest BCUT2D eigenvalue weighted by Crippen LogP contribution is -2.39. The Morgan fingerprint density at radius 1 is 1.07 bits per heavy atom. The van der Waals surface area contributed by atoms with Gasteiger partial charge in [-0.2, -0.15) is 0 Å². The number of benzene rings is 2. The number of thiazole rings is 1. The molecule has 1 amide bonds. The second-order valence-electron chi connectivity index (χ2n) is 6.98. The molecule has 0 unspecified atom stereocenters. The van der Waals surface area contributed by atoms with Crippen molar-refractivity contribution in [3.63, 3.8) is 0 Å². The van der Waals surface area contributed by atoms with Gasteiger partial charge in [-0.3, -0.25) is 9.69 Å². The number of aryl methyl sites for hydroxylation is 1. The Labute approximate surface area is 192 Å². The van der Waals surface area contributed by atoms with Gasteiger partial charge in [0.2, 0.25) is 5.91 Å². The molecular weight excluding hydrogens is 430 g/mol. The minimum absolute atomic E-state index is 0.109. The molecule has 0 bridgehead atoms. The highest BCUT2D eigenvalue weighted by Crippen LogP contribution is 2.34. The average molecular weight is 460 g/mol. The first kappa shape index (κ1) is 23.1. The van der Waals surface area contributed by atoms with Crippen molar-refractivity contribution in [2.75, 3.05) is 43.1 Å². The molecule has 7 heteroatoms. The van der Waals surface area contributed by atoms with Gasteiger partial charge in [-0.15, -0.1) is 23.5 Å². The van der Waals surface area contributed by atoms with Gasteiger partial charge in [-0.05, 0) is 50.5 Å². The second kappa shape index (κ2) is 11.2. The van der Waals surface area contributed by atoms with Gasteiger partial charge in [0.15, 0.2) is 5.13 Å². The standard InChI is InChI=1S/C23H29N3OS3/c1-5-25(6-2)14-15-26(21(27)16-29-18-12-10-17(3)11-13-18)23-24-22-19(28-4)8-7-9-20(22)30-23/h7-13H,5-6,14-16H2,1-4H3. The van der Waals surface area contributed by atoms with Crippen LogP contribution < -0.4 is 4.90 Å². The highest BCUT2D eigenvalue weighted by atomic mass is 32.2. The maximum absolute atomic E-state index is 13.3. The molecule has 3 aromatic rings. The topological polar surface area (TPSA) is 36.4 Å². The summed E-state index contributed by atoms with van der Waals surface area (Å²) in [6, 6.07) is 14.6. The number of hydrogen-bond donors (Lipinski definition) is 0. The first-order valence-electron chi connectivity index (χ1n) is 10.2. The third-order valence-electron chi connectivity index (χ3n) is 5.04. The molecule has 0 fully saturated rings. The van der Waals surface area contributed by atoms with Crippen LogP contribution in [-0.2, 0) is 4.79 Å². The fourth-order valence-corrected chi connectivity index (χ4v) is 5.60. The van der Waals surface area contributed by atoms with Crippen LogP contribution in [0, 0.1) is 6.92 Å². The minimum Gasteiger partial charge on any atom is -0.302 e. The van der Waals surface area contributed by atoms with Crippen LogP contribution >= 0.6 is 34.9 Å². The number of likely N-dealkylation sites (N-methyl/N-ethyl adjacent to an activating group) is 1. The Balaban J connectivity index is 1.82. The van der Waals surface area contributed by atoms with Gasteiger partial charge in [0.25, 0.3) is 0 Å². The lowest BCUT2D eigenvalue weighted by Gasteiger charge is -2.24. The van der Waals surface area contributed by atoms with Gasteiger partial charge in [-0.25, -0.2) is 4.98 Å². The van der Waals surface area contributed by atoms with E-state index < -0.39 is 0 Å². The third kappa shape index (κ3) is 5.78. The predicted molar refractivity (Wildman–Crippen MR) is 133 cm³/mol. The summed E-state index contributed by atoms with van der Waals surface area (Å²) in [4.78, 5) is 24.6. The second-order valence-corrected chi connectivity index (χ2v) is 9.88. The van der Waals surface area contributed by atoms with Crippen molar-refractivity contribution in [3.8, 4) is 0 Å². The molecule has 0 aliphatic rings. The average Bonchev–Trinajstić information content (AvgIpc) is 3.20. The lowest BCUT2D eigenvalue weighted by molar-refractivity contribution is -0.116. The molecular formula is C23H29N3OS3. The highest BCUT2D eigenvalue weighted by molar-refractivity contribution is 8.00. The van der Waals surface area contributed by atoms with E-state index >= 15 is 0 Å². The molecule has 0 aliphatic heterocycles. The molecule has 3 rings (SSSR count). The van der Waals surface area contributed by atoms with Crippen molar-refractivity contribution in [3.05, 3.63) is 48.0 Å². The van der Waals surface area contributed by atoms with E-state index in [1.54, 1.807) is 34.9 Å². The summed E-state index contributed by atoms with van der Waals surface area (Å²) >= 11 is 4.89. The Hall–Kier alpha value is -1.54. The summed E-state index contributed by atoms with van der Waals surface area (Å²) in [6.07, 6.45) is 2.06. The number of carbonyl (C=O) groups excluding carboxylic acids is 1. The highest BCUT2D eigenvalue weighted by Gasteiger charge is 2.21. The quantitative estimate of drug-likeness (QED) is 0.359. The molecule has 1 heterocycles. The molecule has 160 valence electrons. The SMILES string of the molecule is CCN(CC)CCN(C(=O)CSc1ccc(C)cc1)c1nc2c(SC)cccc2s1. The van der Waals surface area contributed by atoms with Crippen LogP contribution in [0.25, 0.3) is 10.2 Å². The molecule has 1 aromatic heterocycles. The van der Waals surface area contributed by atoms with Crippen LogP contribution in [0.15, 0.2) is 52.3 Å². The predicted octanol–water partition coefficient (Wildman–Crippen LogP) is 5.79. The summed E-state index contributed by atoms with van der Waals surface area (Å²) in [5.74, 6) is 0.518.